The first kappa shape index (κ1) is 27.4. The Balaban J connectivity index is 1.47. The Morgan fingerprint density at radius 3 is 2.55 bits per heavy atom. The SMILES string of the molecule is CCOC(=O)[C@@H](NC(=O)c1ccc(N2CCC(N3C(=O)OCc4ccccc43)CC2)c([NH2+]OC)c1)C(C)C. The molecule has 2 aliphatic rings. The molecule has 2 aromatic carbocycles. The number of ether oxygens (including phenoxy) is 2. The van der Waals surface area contributed by atoms with Gasteiger partial charge in [-0.3, -0.25) is 9.69 Å². The van der Waals surface area contributed by atoms with Crippen molar-refractivity contribution < 1.29 is 34.2 Å². The predicted molar refractivity (Wildman–Crippen MR) is 142 cm³/mol. The number of quaternary nitrogens is 1. The summed E-state index contributed by atoms with van der Waals surface area (Å²) in [5.74, 6) is -0.915. The lowest BCUT2D eigenvalue weighted by atomic mass is 9.99. The molecule has 10 heteroatoms. The van der Waals surface area contributed by atoms with Gasteiger partial charge in [-0.25, -0.2) is 14.4 Å². The van der Waals surface area contributed by atoms with Crippen molar-refractivity contribution in [3.8, 4) is 0 Å². The molecule has 2 heterocycles. The fourth-order valence-corrected chi connectivity index (χ4v) is 5.05. The largest absolute Gasteiger partial charge is 0.464 e. The molecule has 38 heavy (non-hydrogen) atoms. The first-order chi connectivity index (χ1) is 18.3. The number of nitrogens with zero attached hydrogens (tertiary/aromatic N) is 2. The summed E-state index contributed by atoms with van der Waals surface area (Å²) in [5, 5.41) is 2.81. The fraction of sp³-hybridized carbons (Fsp3) is 0.464. The zero-order valence-corrected chi connectivity index (χ0v) is 22.4. The quantitative estimate of drug-likeness (QED) is 0.294. The van der Waals surface area contributed by atoms with Crippen molar-refractivity contribution in [1.82, 2.24) is 5.32 Å². The van der Waals surface area contributed by atoms with Crippen LogP contribution in [0.2, 0.25) is 0 Å². The topological polar surface area (TPSA) is 114 Å². The second-order valence-electron chi connectivity index (χ2n) is 9.85. The lowest BCUT2D eigenvalue weighted by molar-refractivity contribution is -0.829. The second kappa shape index (κ2) is 12.3. The van der Waals surface area contributed by atoms with Gasteiger partial charge in [0, 0.05) is 36.3 Å². The Bertz CT molecular complexity index is 1160. The number of esters is 1. The van der Waals surface area contributed by atoms with E-state index in [2.05, 4.69) is 10.2 Å². The lowest BCUT2D eigenvalue weighted by Gasteiger charge is -2.40. The summed E-state index contributed by atoms with van der Waals surface area (Å²) in [6.45, 7) is 7.47. The van der Waals surface area contributed by atoms with Crippen LogP contribution in [0.15, 0.2) is 42.5 Å². The van der Waals surface area contributed by atoms with Crippen molar-refractivity contribution in [2.75, 3.05) is 36.6 Å². The first-order valence-electron chi connectivity index (χ1n) is 13.1. The summed E-state index contributed by atoms with van der Waals surface area (Å²) < 4.78 is 10.5. The van der Waals surface area contributed by atoms with E-state index in [1.807, 2.05) is 44.2 Å². The van der Waals surface area contributed by atoms with Crippen LogP contribution in [0, 0.1) is 5.92 Å². The Labute approximate surface area is 223 Å². The molecule has 1 atom stereocenters. The highest BCUT2D eigenvalue weighted by Crippen LogP contribution is 2.34. The maximum absolute atomic E-state index is 13.0. The molecule has 0 spiro atoms. The molecule has 10 nitrogen and oxygen atoms in total. The zero-order valence-electron chi connectivity index (χ0n) is 22.4. The number of cyclic esters (lactones) is 1. The minimum atomic E-state index is -0.734. The van der Waals surface area contributed by atoms with E-state index in [0.29, 0.717) is 12.2 Å². The van der Waals surface area contributed by atoms with Crippen LogP contribution in [-0.4, -0.2) is 56.9 Å². The van der Waals surface area contributed by atoms with Crippen molar-refractivity contribution in [3.05, 3.63) is 53.6 Å². The summed E-state index contributed by atoms with van der Waals surface area (Å²) >= 11 is 0. The van der Waals surface area contributed by atoms with Gasteiger partial charge >= 0.3 is 12.1 Å². The highest BCUT2D eigenvalue weighted by molar-refractivity contribution is 5.98. The van der Waals surface area contributed by atoms with Crippen molar-refractivity contribution in [2.24, 2.45) is 5.92 Å². The highest BCUT2D eigenvalue weighted by Gasteiger charge is 2.35. The van der Waals surface area contributed by atoms with Crippen LogP contribution in [-0.2, 0) is 25.7 Å². The minimum absolute atomic E-state index is 0.0379. The molecule has 4 rings (SSSR count). The number of nitrogens with one attached hydrogen (secondary N) is 1. The van der Waals surface area contributed by atoms with Gasteiger partial charge in [0.15, 0.2) is 5.69 Å². The smallest absolute Gasteiger partial charge is 0.414 e. The van der Waals surface area contributed by atoms with Gasteiger partial charge in [-0.1, -0.05) is 32.0 Å². The molecule has 0 aromatic heterocycles. The summed E-state index contributed by atoms with van der Waals surface area (Å²) in [4.78, 5) is 47.3. The molecular formula is C28H37N4O6+. The summed E-state index contributed by atoms with van der Waals surface area (Å²) in [5.41, 5.74) is 5.68. The van der Waals surface area contributed by atoms with Gasteiger partial charge in [0.2, 0.25) is 0 Å². The van der Waals surface area contributed by atoms with Gasteiger partial charge in [0.05, 0.1) is 19.4 Å². The molecule has 1 fully saturated rings. The third kappa shape index (κ3) is 5.92. The second-order valence-corrected chi connectivity index (χ2v) is 9.85. The van der Waals surface area contributed by atoms with Crippen LogP contribution in [0.5, 0.6) is 0 Å². The number of piperidine rings is 1. The van der Waals surface area contributed by atoms with Crippen LogP contribution in [0.3, 0.4) is 0 Å². The number of amides is 2. The molecule has 0 unspecified atom stereocenters. The Hall–Kier alpha value is -3.63. The standard InChI is InChI=1S/C28H36N4O6/c1-5-37-27(34)25(18(2)3)29-26(33)19-10-11-24(22(16-19)30-36-4)31-14-12-21(13-15-31)32-23-9-7-6-8-20(23)17-38-28(32)35/h6-11,16,18,21,25,30H,5,12-15,17H2,1-4H3,(H,29,33)/p+1/t25-/m0/s1. The molecule has 2 aliphatic heterocycles. The molecule has 204 valence electrons. The zero-order chi connectivity index (χ0) is 27.2. The van der Waals surface area contributed by atoms with Gasteiger partial charge in [-0.15, -0.1) is 0 Å². The normalized spacial score (nSPS) is 16.6. The average molecular weight is 526 g/mol. The lowest BCUT2D eigenvalue weighted by Crippen LogP contribution is -2.76. The van der Waals surface area contributed by atoms with Crippen LogP contribution in [0.25, 0.3) is 0 Å². The van der Waals surface area contributed by atoms with E-state index in [1.54, 1.807) is 36.5 Å². The predicted octanol–water partition coefficient (Wildman–Crippen LogP) is 2.89. The van der Waals surface area contributed by atoms with E-state index in [9.17, 15) is 14.4 Å². The van der Waals surface area contributed by atoms with Crippen molar-refractivity contribution in [2.45, 2.75) is 52.3 Å². The van der Waals surface area contributed by atoms with E-state index < -0.39 is 12.0 Å². The number of carbonyl (C=O) groups is 3. The van der Waals surface area contributed by atoms with Crippen molar-refractivity contribution >= 4 is 35.0 Å². The third-order valence-corrected chi connectivity index (χ3v) is 7.00. The summed E-state index contributed by atoms with van der Waals surface area (Å²) in [7, 11) is 1.57. The highest BCUT2D eigenvalue weighted by atomic mass is 16.6. The molecule has 2 aromatic rings. The summed E-state index contributed by atoms with van der Waals surface area (Å²) in [6.07, 6.45) is 1.25. The van der Waals surface area contributed by atoms with Gasteiger partial charge in [0.1, 0.15) is 18.3 Å². The van der Waals surface area contributed by atoms with Crippen LogP contribution in [0.4, 0.5) is 21.9 Å². The molecule has 2 amide bonds. The maximum atomic E-state index is 13.0. The van der Waals surface area contributed by atoms with Crippen LogP contribution >= 0.6 is 0 Å². The molecule has 3 N–H and O–H groups in total. The van der Waals surface area contributed by atoms with E-state index in [4.69, 9.17) is 14.3 Å². The van der Waals surface area contributed by atoms with Gasteiger partial charge in [-0.2, -0.15) is 5.48 Å². The number of nitrogens with two attached hydrogens (primary N) is 1. The number of benzene rings is 2. The molecule has 0 bridgehead atoms. The van der Waals surface area contributed by atoms with Gasteiger partial charge < -0.3 is 19.7 Å². The van der Waals surface area contributed by atoms with Gasteiger partial charge in [-0.05, 0) is 43.9 Å². The number of fused-ring (bicyclic) bond motifs is 1. The van der Waals surface area contributed by atoms with E-state index in [1.165, 1.54) is 0 Å². The van der Waals surface area contributed by atoms with Crippen molar-refractivity contribution in [1.29, 1.82) is 0 Å². The van der Waals surface area contributed by atoms with E-state index >= 15 is 0 Å². The van der Waals surface area contributed by atoms with Crippen LogP contribution < -0.4 is 20.6 Å². The van der Waals surface area contributed by atoms with Crippen LogP contribution in [0.1, 0.15) is 49.5 Å². The number of carbonyl (C=O) groups excluding carboxylic acids is 3. The van der Waals surface area contributed by atoms with Crippen molar-refractivity contribution in [3.63, 3.8) is 0 Å². The van der Waals surface area contributed by atoms with E-state index in [0.717, 1.165) is 48.6 Å². The molecule has 1 saturated heterocycles. The van der Waals surface area contributed by atoms with Gasteiger partial charge in [0.25, 0.3) is 5.91 Å². The van der Waals surface area contributed by atoms with E-state index in [-0.39, 0.29) is 30.6 Å². The monoisotopic (exact) mass is 525 g/mol. The number of hydrogen-bond donors (Lipinski definition) is 2. The Morgan fingerprint density at radius 1 is 1.13 bits per heavy atom. The fourth-order valence-electron chi connectivity index (χ4n) is 5.05. The average Bonchev–Trinajstić information content (AvgIpc) is 2.92. The number of hydrogen-bond acceptors (Lipinski definition) is 7. The molecule has 0 radical (unpaired) electrons. The number of rotatable bonds is 9. The molecule has 0 saturated carbocycles. The first-order valence-corrected chi connectivity index (χ1v) is 13.1. The Kier molecular flexibility index (Phi) is 8.85. The molecule has 0 aliphatic carbocycles. The number of para-hydroxylation sites is 1. The minimum Gasteiger partial charge on any atom is -0.464 e. The third-order valence-electron chi connectivity index (χ3n) is 7.00. The number of anilines is 2. The maximum Gasteiger partial charge on any atom is 0.414 e. The summed E-state index contributed by atoms with van der Waals surface area (Å²) in [6, 6.07) is 12.6. The Morgan fingerprint density at radius 2 is 1.87 bits per heavy atom. The molecular weight excluding hydrogens is 488 g/mol.